The van der Waals surface area contributed by atoms with Crippen LogP contribution in [-0.4, -0.2) is 11.8 Å². The van der Waals surface area contributed by atoms with Crippen LogP contribution in [0, 0.1) is 0 Å². The lowest BCUT2D eigenvalue weighted by molar-refractivity contribution is 0.260. The van der Waals surface area contributed by atoms with Crippen LogP contribution in [0.4, 0.5) is 22.7 Å². The van der Waals surface area contributed by atoms with Gasteiger partial charge >= 0.3 is 0 Å². The molecule has 0 heterocycles. The summed E-state index contributed by atoms with van der Waals surface area (Å²) in [5.41, 5.74) is 15.7. The fourth-order valence-electron chi connectivity index (χ4n) is 1.94. The molecule has 0 aromatic heterocycles. The number of hydrogen-bond acceptors (Lipinski definition) is 5. The van der Waals surface area contributed by atoms with Crippen LogP contribution in [0.3, 0.4) is 0 Å². The van der Waals surface area contributed by atoms with E-state index < -0.39 is 0 Å². The van der Waals surface area contributed by atoms with Crippen LogP contribution in [0.25, 0.3) is 0 Å². The fraction of sp³-hybridized carbons (Fsp3) is 0.200. The monoisotopic (exact) mass is 272 g/mol. The Balaban J connectivity index is 2.09. The van der Waals surface area contributed by atoms with Gasteiger partial charge in [0.2, 0.25) is 0 Å². The second-order valence-electron chi connectivity index (χ2n) is 4.58. The molecule has 2 rings (SSSR count). The Bertz CT molecular complexity index is 586. The molecule has 0 aliphatic rings. The van der Waals surface area contributed by atoms with E-state index in [1.165, 1.54) is 5.06 Å². The minimum atomic E-state index is 0.533. The minimum absolute atomic E-state index is 0.533. The summed E-state index contributed by atoms with van der Waals surface area (Å²) >= 11 is 0. The van der Waals surface area contributed by atoms with Gasteiger partial charge in [-0.2, -0.15) is 0 Å². The number of nitrogens with one attached hydrogen (secondary N) is 1. The lowest BCUT2D eigenvalue weighted by atomic mass is 10.1. The normalized spacial score (nSPS) is 10.3. The average Bonchev–Trinajstić information content (AvgIpc) is 2.47. The molecule has 0 saturated heterocycles. The molecule has 5 heteroatoms. The molecular weight excluding hydrogens is 252 g/mol. The molecule has 6 N–H and O–H groups in total. The number of nitrogens with two attached hydrogens (primary N) is 2. The molecule has 0 radical (unpaired) electrons. The first-order valence-electron chi connectivity index (χ1n) is 6.54. The van der Waals surface area contributed by atoms with E-state index in [0.29, 0.717) is 24.5 Å². The van der Waals surface area contributed by atoms with Crippen LogP contribution < -0.4 is 21.8 Å². The summed E-state index contributed by atoms with van der Waals surface area (Å²) in [5.74, 6) is 0. The lowest BCUT2D eigenvalue weighted by Gasteiger charge is -2.16. The van der Waals surface area contributed by atoms with Crippen molar-refractivity contribution < 1.29 is 5.21 Å². The number of hydrogen-bond donors (Lipinski definition) is 4. The Hall–Kier alpha value is -2.40. The largest absolute Gasteiger partial charge is 0.399 e. The fourth-order valence-corrected chi connectivity index (χ4v) is 1.94. The van der Waals surface area contributed by atoms with Crippen LogP contribution in [0.15, 0.2) is 42.5 Å². The van der Waals surface area contributed by atoms with E-state index >= 15 is 0 Å². The Morgan fingerprint density at radius 2 is 1.95 bits per heavy atom. The Morgan fingerprint density at radius 3 is 2.70 bits per heavy atom. The predicted molar refractivity (Wildman–Crippen MR) is 83.8 cm³/mol. The molecule has 0 aliphatic carbocycles. The van der Waals surface area contributed by atoms with Crippen molar-refractivity contribution >= 4 is 22.7 Å². The van der Waals surface area contributed by atoms with Gasteiger partial charge in [-0.15, -0.1) is 0 Å². The number of nitrogen functional groups attached to an aromatic ring is 2. The molecule has 0 bridgehead atoms. The van der Waals surface area contributed by atoms with E-state index in [-0.39, 0.29) is 0 Å². The molecule has 0 spiro atoms. The van der Waals surface area contributed by atoms with Gasteiger partial charge in [0.25, 0.3) is 0 Å². The molecule has 5 nitrogen and oxygen atoms in total. The SMILES string of the molecule is CCN(O)c1cccc(NCc2cc(N)ccc2N)c1. The Kier molecular flexibility index (Phi) is 4.32. The van der Waals surface area contributed by atoms with Crippen molar-refractivity contribution in [3.8, 4) is 0 Å². The van der Waals surface area contributed by atoms with Crippen molar-refractivity contribution in [3.63, 3.8) is 0 Å². The van der Waals surface area contributed by atoms with Crippen molar-refractivity contribution in [1.82, 2.24) is 0 Å². The topological polar surface area (TPSA) is 87.5 Å². The maximum Gasteiger partial charge on any atom is 0.0654 e. The number of benzene rings is 2. The van der Waals surface area contributed by atoms with Gasteiger partial charge in [-0.1, -0.05) is 6.07 Å². The molecular formula is C15H20N4O. The van der Waals surface area contributed by atoms with Crippen molar-refractivity contribution in [3.05, 3.63) is 48.0 Å². The quantitative estimate of drug-likeness (QED) is 0.496. The number of hydroxylamine groups is 1. The van der Waals surface area contributed by atoms with Gasteiger partial charge in [0.15, 0.2) is 0 Å². The maximum atomic E-state index is 9.69. The summed E-state index contributed by atoms with van der Waals surface area (Å²) in [4.78, 5) is 0. The van der Waals surface area contributed by atoms with E-state index in [4.69, 9.17) is 11.5 Å². The molecule has 2 aromatic rings. The molecule has 0 unspecified atom stereocenters. The first-order chi connectivity index (χ1) is 9.60. The second kappa shape index (κ2) is 6.16. The van der Waals surface area contributed by atoms with Gasteiger partial charge in [-0.3, -0.25) is 10.3 Å². The Morgan fingerprint density at radius 1 is 1.15 bits per heavy atom. The van der Waals surface area contributed by atoms with E-state index in [0.717, 1.165) is 16.9 Å². The molecule has 0 fully saturated rings. The predicted octanol–water partition coefficient (Wildman–Crippen LogP) is 2.68. The van der Waals surface area contributed by atoms with Gasteiger partial charge in [0.1, 0.15) is 0 Å². The highest BCUT2D eigenvalue weighted by molar-refractivity contribution is 5.59. The van der Waals surface area contributed by atoms with Crippen LogP contribution in [0.2, 0.25) is 0 Å². The van der Waals surface area contributed by atoms with Gasteiger partial charge < -0.3 is 16.8 Å². The first kappa shape index (κ1) is 14.0. The minimum Gasteiger partial charge on any atom is -0.399 e. The zero-order chi connectivity index (χ0) is 14.5. The molecule has 0 atom stereocenters. The maximum absolute atomic E-state index is 9.69. The van der Waals surface area contributed by atoms with Crippen LogP contribution in [0.1, 0.15) is 12.5 Å². The van der Waals surface area contributed by atoms with E-state index in [2.05, 4.69) is 5.32 Å². The molecule has 0 aliphatic heterocycles. The third kappa shape index (κ3) is 3.33. The summed E-state index contributed by atoms with van der Waals surface area (Å²) in [6.45, 7) is 3.00. The van der Waals surface area contributed by atoms with Crippen LogP contribution >= 0.6 is 0 Å². The van der Waals surface area contributed by atoms with Gasteiger partial charge in [0.05, 0.1) is 5.69 Å². The standard InChI is InChI=1S/C15H20N4O/c1-2-19(20)14-5-3-4-13(9-14)18-10-11-8-12(16)6-7-15(11)17/h3-9,18,20H,2,10,16-17H2,1H3. The third-order valence-electron chi connectivity index (χ3n) is 3.09. The average molecular weight is 272 g/mol. The summed E-state index contributed by atoms with van der Waals surface area (Å²) in [7, 11) is 0. The highest BCUT2D eigenvalue weighted by Gasteiger charge is 2.03. The molecule has 0 saturated carbocycles. The molecule has 2 aromatic carbocycles. The highest BCUT2D eigenvalue weighted by Crippen LogP contribution is 2.21. The Labute approximate surface area is 118 Å². The van der Waals surface area contributed by atoms with E-state index in [1.54, 1.807) is 12.1 Å². The second-order valence-corrected chi connectivity index (χ2v) is 4.58. The van der Waals surface area contributed by atoms with Crippen molar-refractivity contribution in [2.75, 3.05) is 28.4 Å². The van der Waals surface area contributed by atoms with Crippen molar-refractivity contribution in [1.29, 1.82) is 0 Å². The van der Waals surface area contributed by atoms with E-state index in [9.17, 15) is 5.21 Å². The summed E-state index contributed by atoms with van der Waals surface area (Å²) < 4.78 is 0. The summed E-state index contributed by atoms with van der Waals surface area (Å²) in [5, 5.41) is 14.2. The molecule has 0 amide bonds. The van der Waals surface area contributed by atoms with Crippen molar-refractivity contribution in [2.45, 2.75) is 13.5 Å². The van der Waals surface area contributed by atoms with Crippen LogP contribution in [0.5, 0.6) is 0 Å². The van der Waals surface area contributed by atoms with Gasteiger partial charge in [0, 0.05) is 30.2 Å². The van der Waals surface area contributed by atoms with Crippen molar-refractivity contribution in [2.24, 2.45) is 0 Å². The number of rotatable bonds is 5. The van der Waals surface area contributed by atoms with E-state index in [1.807, 2.05) is 37.3 Å². The van der Waals surface area contributed by atoms with Crippen LogP contribution in [-0.2, 0) is 6.54 Å². The third-order valence-corrected chi connectivity index (χ3v) is 3.09. The zero-order valence-electron chi connectivity index (χ0n) is 11.5. The first-order valence-corrected chi connectivity index (χ1v) is 6.54. The highest BCUT2D eigenvalue weighted by atomic mass is 16.5. The zero-order valence-corrected chi connectivity index (χ0v) is 11.5. The summed E-state index contributed by atoms with van der Waals surface area (Å²) in [6.07, 6.45) is 0. The summed E-state index contributed by atoms with van der Waals surface area (Å²) in [6, 6.07) is 13.0. The van der Waals surface area contributed by atoms with Gasteiger partial charge in [-0.05, 0) is 48.9 Å². The molecule has 20 heavy (non-hydrogen) atoms. The molecule has 106 valence electrons. The lowest BCUT2D eigenvalue weighted by Crippen LogP contribution is -2.16. The number of anilines is 4. The van der Waals surface area contributed by atoms with Gasteiger partial charge in [-0.25, -0.2) is 0 Å². The number of nitrogens with zero attached hydrogens (tertiary/aromatic N) is 1. The smallest absolute Gasteiger partial charge is 0.0654 e.